The lowest BCUT2D eigenvalue weighted by atomic mass is 9.90. The van der Waals surface area contributed by atoms with E-state index in [-0.39, 0.29) is 18.6 Å². The highest BCUT2D eigenvalue weighted by atomic mass is 16.5. The van der Waals surface area contributed by atoms with Gasteiger partial charge in [0.05, 0.1) is 20.1 Å². The Morgan fingerprint density at radius 1 is 1.60 bits per heavy atom. The molecule has 4 nitrogen and oxygen atoms in total. The van der Waals surface area contributed by atoms with Gasteiger partial charge in [-0.3, -0.25) is 9.69 Å². The van der Waals surface area contributed by atoms with Crippen LogP contribution >= 0.6 is 0 Å². The largest absolute Gasteiger partial charge is 0.469 e. The van der Waals surface area contributed by atoms with E-state index in [2.05, 4.69) is 9.64 Å². The Balaban J connectivity index is 2.42. The van der Waals surface area contributed by atoms with E-state index in [1.54, 1.807) is 0 Å². The topological polar surface area (TPSA) is 49.8 Å². The maximum absolute atomic E-state index is 11.1. The van der Waals surface area contributed by atoms with Gasteiger partial charge in [-0.1, -0.05) is 6.42 Å². The van der Waals surface area contributed by atoms with Gasteiger partial charge in [-0.05, 0) is 19.8 Å². The summed E-state index contributed by atoms with van der Waals surface area (Å²) in [5.74, 6) is -0.176. The molecule has 0 spiro atoms. The van der Waals surface area contributed by atoms with Crippen LogP contribution in [0.4, 0.5) is 0 Å². The van der Waals surface area contributed by atoms with Crippen molar-refractivity contribution in [3.05, 3.63) is 0 Å². The first-order valence-corrected chi connectivity index (χ1v) is 5.62. The number of rotatable bonds is 6. The zero-order valence-electron chi connectivity index (χ0n) is 9.61. The Labute approximate surface area is 91.2 Å². The fraction of sp³-hybridized carbons (Fsp3) is 0.909. The number of carbonyl (C=O) groups excluding carboxylic acids is 1. The average Bonchev–Trinajstić information content (AvgIpc) is 2.14. The molecule has 4 heteroatoms. The Hall–Kier alpha value is -0.610. The Bertz CT molecular complexity index is 204. The van der Waals surface area contributed by atoms with Crippen molar-refractivity contribution < 1.29 is 14.6 Å². The fourth-order valence-corrected chi connectivity index (χ4v) is 2.04. The summed E-state index contributed by atoms with van der Waals surface area (Å²) in [6.45, 7) is 2.83. The SMILES string of the molecule is COC(=O)CC(C)N(CCO)C1CCC1. The van der Waals surface area contributed by atoms with E-state index in [1.807, 2.05) is 6.92 Å². The number of carbonyl (C=O) groups is 1. The van der Waals surface area contributed by atoms with Gasteiger partial charge in [0.25, 0.3) is 0 Å². The predicted molar refractivity (Wildman–Crippen MR) is 57.5 cm³/mol. The van der Waals surface area contributed by atoms with Gasteiger partial charge < -0.3 is 9.84 Å². The van der Waals surface area contributed by atoms with Gasteiger partial charge in [-0.2, -0.15) is 0 Å². The molecule has 15 heavy (non-hydrogen) atoms. The minimum atomic E-state index is -0.176. The summed E-state index contributed by atoms with van der Waals surface area (Å²) in [7, 11) is 1.41. The third kappa shape index (κ3) is 3.47. The van der Waals surface area contributed by atoms with Crippen molar-refractivity contribution in [2.24, 2.45) is 0 Å². The van der Waals surface area contributed by atoms with Crippen LogP contribution in [0.1, 0.15) is 32.6 Å². The number of methoxy groups -OCH3 is 1. The molecule has 1 saturated carbocycles. The summed E-state index contributed by atoms with van der Waals surface area (Å²) in [6, 6.07) is 0.715. The van der Waals surface area contributed by atoms with Crippen molar-refractivity contribution in [1.82, 2.24) is 4.90 Å². The molecule has 1 rings (SSSR count). The minimum absolute atomic E-state index is 0.155. The van der Waals surface area contributed by atoms with Crippen molar-refractivity contribution in [2.45, 2.75) is 44.7 Å². The minimum Gasteiger partial charge on any atom is -0.469 e. The molecule has 1 aliphatic rings. The predicted octanol–water partition coefficient (Wildman–Crippen LogP) is 0.785. The van der Waals surface area contributed by atoms with E-state index in [0.717, 1.165) is 0 Å². The molecule has 1 aliphatic carbocycles. The number of esters is 1. The molecule has 0 amide bonds. The third-order valence-corrected chi connectivity index (χ3v) is 3.16. The highest BCUT2D eigenvalue weighted by molar-refractivity contribution is 5.69. The van der Waals surface area contributed by atoms with E-state index in [1.165, 1.54) is 26.4 Å². The molecule has 0 aromatic rings. The van der Waals surface area contributed by atoms with Gasteiger partial charge in [0.2, 0.25) is 0 Å². The maximum Gasteiger partial charge on any atom is 0.307 e. The molecule has 0 aromatic heterocycles. The number of hydrogen-bond acceptors (Lipinski definition) is 4. The van der Waals surface area contributed by atoms with Gasteiger partial charge in [-0.25, -0.2) is 0 Å². The Kier molecular flexibility index (Phi) is 5.05. The van der Waals surface area contributed by atoms with E-state index in [9.17, 15) is 4.79 Å². The van der Waals surface area contributed by atoms with Crippen molar-refractivity contribution >= 4 is 5.97 Å². The molecule has 0 radical (unpaired) electrons. The molecular weight excluding hydrogens is 194 g/mol. The molecule has 1 atom stereocenters. The first kappa shape index (κ1) is 12.5. The lowest BCUT2D eigenvalue weighted by molar-refractivity contribution is -0.142. The van der Waals surface area contributed by atoms with E-state index in [0.29, 0.717) is 19.0 Å². The summed E-state index contributed by atoms with van der Waals surface area (Å²) < 4.78 is 4.65. The summed E-state index contributed by atoms with van der Waals surface area (Å²) in [6.07, 6.45) is 4.04. The summed E-state index contributed by atoms with van der Waals surface area (Å²) in [5.41, 5.74) is 0. The molecule has 0 saturated heterocycles. The number of nitrogens with zero attached hydrogens (tertiary/aromatic N) is 1. The lowest BCUT2D eigenvalue weighted by Crippen LogP contribution is -2.47. The Morgan fingerprint density at radius 3 is 2.67 bits per heavy atom. The van der Waals surface area contributed by atoms with Gasteiger partial charge in [0.1, 0.15) is 0 Å². The van der Waals surface area contributed by atoms with Crippen LogP contribution in [0.15, 0.2) is 0 Å². The first-order valence-electron chi connectivity index (χ1n) is 5.62. The summed E-state index contributed by atoms with van der Waals surface area (Å²) in [5, 5.41) is 8.99. The van der Waals surface area contributed by atoms with Gasteiger partial charge in [-0.15, -0.1) is 0 Å². The fourth-order valence-electron chi connectivity index (χ4n) is 2.04. The smallest absolute Gasteiger partial charge is 0.307 e. The molecule has 0 aliphatic heterocycles. The molecule has 0 bridgehead atoms. The standard InChI is InChI=1S/C11H21NO3/c1-9(8-11(14)15-2)12(6-7-13)10-4-3-5-10/h9-10,13H,3-8H2,1-2H3. The van der Waals surface area contributed by atoms with Crippen LogP contribution in [0.5, 0.6) is 0 Å². The normalized spacial score (nSPS) is 18.7. The zero-order chi connectivity index (χ0) is 11.3. The van der Waals surface area contributed by atoms with Crippen molar-refractivity contribution in [3.63, 3.8) is 0 Å². The second kappa shape index (κ2) is 6.08. The van der Waals surface area contributed by atoms with Crippen LogP contribution in [0.3, 0.4) is 0 Å². The van der Waals surface area contributed by atoms with E-state index < -0.39 is 0 Å². The Morgan fingerprint density at radius 2 is 2.27 bits per heavy atom. The molecular formula is C11H21NO3. The molecule has 1 fully saturated rings. The lowest BCUT2D eigenvalue weighted by Gasteiger charge is -2.40. The molecule has 1 unspecified atom stereocenters. The van der Waals surface area contributed by atoms with Crippen LogP contribution in [0.2, 0.25) is 0 Å². The van der Waals surface area contributed by atoms with Crippen molar-refractivity contribution in [2.75, 3.05) is 20.3 Å². The van der Waals surface area contributed by atoms with Gasteiger partial charge in [0, 0.05) is 18.6 Å². The summed E-state index contributed by atoms with van der Waals surface area (Å²) >= 11 is 0. The first-order chi connectivity index (χ1) is 7.19. The molecule has 0 heterocycles. The van der Waals surface area contributed by atoms with Crippen molar-refractivity contribution in [1.29, 1.82) is 0 Å². The van der Waals surface area contributed by atoms with E-state index in [4.69, 9.17) is 5.11 Å². The number of ether oxygens (including phenoxy) is 1. The number of aliphatic hydroxyl groups excluding tert-OH is 1. The monoisotopic (exact) mass is 215 g/mol. The highest BCUT2D eigenvalue weighted by Crippen LogP contribution is 2.26. The number of hydrogen-bond donors (Lipinski definition) is 1. The van der Waals surface area contributed by atoms with Gasteiger partial charge >= 0.3 is 5.97 Å². The van der Waals surface area contributed by atoms with Crippen molar-refractivity contribution in [3.8, 4) is 0 Å². The zero-order valence-corrected chi connectivity index (χ0v) is 9.61. The highest BCUT2D eigenvalue weighted by Gasteiger charge is 2.29. The van der Waals surface area contributed by atoms with Gasteiger partial charge in [0.15, 0.2) is 0 Å². The number of aliphatic hydroxyl groups is 1. The van der Waals surface area contributed by atoms with Crippen LogP contribution in [-0.2, 0) is 9.53 Å². The molecule has 0 aromatic carbocycles. The van der Waals surface area contributed by atoms with Crippen LogP contribution in [0, 0.1) is 0 Å². The molecule has 1 N–H and O–H groups in total. The van der Waals surface area contributed by atoms with Crippen LogP contribution in [-0.4, -0.2) is 48.3 Å². The third-order valence-electron chi connectivity index (χ3n) is 3.16. The quantitative estimate of drug-likeness (QED) is 0.665. The maximum atomic E-state index is 11.1. The van der Waals surface area contributed by atoms with Crippen LogP contribution in [0.25, 0.3) is 0 Å². The second-order valence-corrected chi connectivity index (χ2v) is 4.18. The summed E-state index contributed by atoms with van der Waals surface area (Å²) in [4.78, 5) is 13.4. The second-order valence-electron chi connectivity index (χ2n) is 4.18. The molecule has 88 valence electrons. The average molecular weight is 215 g/mol. The van der Waals surface area contributed by atoms with E-state index >= 15 is 0 Å². The van der Waals surface area contributed by atoms with Crippen LogP contribution < -0.4 is 0 Å².